The highest BCUT2D eigenvalue weighted by Gasteiger charge is 2.24. The van der Waals surface area contributed by atoms with E-state index in [1.165, 1.54) is 6.34 Å². The molecule has 0 aliphatic carbocycles. The minimum Gasteiger partial charge on any atom is -0.377 e. The second-order valence-corrected chi connectivity index (χ2v) is 6.80. The van der Waals surface area contributed by atoms with Gasteiger partial charge >= 0.3 is 0 Å². The first-order valence-electron chi connectivity index (χ1n) is 7.15. The lowest BCUT2D eigenvalue weighted by molar-refractivity contribution is 0.110. The van der Waals surface area contributed by atoms with Crippen molar-refractivity contribution in [2.75, 3.05) is 31.1 Å². The van der Waals surface area contributed by atoms with E-state index in [9.17, 15) is 8.42 Å². The molecule has 3 rings (SSSR count). The summed E-state index contributed by atoms with van der Waals surface area (Å²) >= 11 is 0. The summed E-state index contributed by atoms with van der Waals surface area (Å²) in [6.07, 6.45) is 3.95. The summed E-state index contributed by atoms with van der Waals surface area (Å²) in [5, 5.41) is 3.35. The molecule has 21 heavy (non-hydrogen) atoms. The Morgan fingerprint density at radius 3 is 3.05 bits per heavy atom. The molecule has 0 radical (unpaired) electrons. The number of nitrogens with zero attached hydrogens (tertiary/aromatic N) is 2. The largest absolute Gasteiger partial charge is 0.377 e. The van der Waals surface area contributed by atoms with E-state index in [0.29, 0.717) is 18.3 Å². The van der Waals surface area contributed by atoms with Crippen LogP contribution in [0.1, 0.15) is 12.8 Å². The molecular formula is C14H19N3O3S. The third-order valence-corrected chi connectivity index (χ3v) is 4.98. The fourth-order valence-corrected chi connectivity index (χ4v) is 3.65. The Labute approximate surface area is 124 Å². The standard InChI is InChI=1S/C14H19N3O3S/c18-21(19)14-6-2-1-5-13(14)17(11-16-21)8-7-15-10-12-4-3-9-20-12/h1-2,5-6,11-12,15H,3-4,7-10H2. The summed E-state index contributed by atoms with van der Waals surface area (Å²) in [6.45, 7) is 3.12. The van der Waals surface area contributed by atoms with Crippen molar-refractivity contribution in [3.8, 4) is 0 Å². The van der Waals surface area contributed by atoms with Gasteiger partial charge in [0.15, 0.2) is 0 Å². The molecule has 1 aromatic carbocycles. The van der Waals surface area contributed by atoms with Crippen LogP contribution < -0.4 is 10.2 Å². The van der Waals surface area contributed by atoms with Gasteiger partial charge in [0.25, 0.3) is 10.0 Å². The summed E-state index contributed by atoms with van der Waals surface area (Å²) in [5.74, 6) is 0. The molecule has 1 N–H and O–H groups in total. The summed E-state index contributed by atoms with van der Waals surface area (Å²) in [5.41, 5.74) is 0.686. The predicted octanol–water partition coefficient (Wildman–Crippen LogP) is 0.992. The van der Waals surface area contributed by atoms with Gasteiger partial charge in [0.05, 0.1) is 11.8 Å². The van der Waals surface area contributed by atoms with Crippen molar-refractivity contribution in [1.82, 2.24) is 5.32 Å². The van der Waals surface area contributed by atoms with E-state index in [-0.39, 0.29) is 4.90 Å². The van der Waals surface area contributed by atoms with E-state index < -0.39 is 10.0 Å². The quantitative estimate of drug-likeness (QED) is 0.821. The lowest BCUT2D eigenvalue weighted by atomic mass is 10.2. The van der Waals surface area contributed by atoms with E-state index in [1.807, 2.05) is 11.0 Å². The lowest BCUT2D eigenvalue weighted by Gasteiger charge is -2.25. The van der Waals surface area contributed by atoms with Crippen LogP contribution in [0.4, 0.5) is 5.69 Å². The third-order valence-electron chi connectivity index (χ3n) is 3.70. The number of hydrogen-bond donors (Lipinski definition) is 1. The topological polar surface area (TPSA) is 71.0 Å². The highest BCUT2D eigenvalue weighted by atomic mass is 32.2. The van der Waals surface area contributed by atoms with Gasteiger partial charge in [0.1, 0.15) is 11.2 Å². The molecule has 2 heterocycles. The van der Waals surface area contributed by atoms with Crippen molar-refractivity contribution in [1.29, 1.82) is 0 Å². The van der Waals surface area contributed by atoms with Crippen LogP contribution in [0.15, 0.2) is 33.6 Å². The molecule has 0 aromatic heterocycles. The average Bonchev–Trinajstić information content (AvgIpc) is 2.99. The smallest absolute Gasteiger partial charge is 0.285 e. The molecule has 1 saturated heterocycles. The number of fused-ring (bicyclic) bond motifs is 1. The van der Waals surface area contributed by atoms with E-state index in [4.69, 9.17) is 4.74 Å². The predicted molar refractivity (Wildman–Crippen MR) is 81.3 cm³/mol. The molecule has 1 fully saturated rings. The summed E-state index contributed by atoms with van der Waals surface area (Å²) in [7, 11) is -3.53. The Morgan fingerprint density at radius 1 is 1.38 bits per heavy atom. The Hall–Kier alpha value is -1.44. The fraction of sp³-hybridized carbons (Fsp3) is 0.500. The summed E-state index contributed by atoms with van der Waals surface area (Å²) < 4.78 is 32.9. The highest BCUT2D eigenvalue weighted by Crippen LogP contribution is 2.28. The third kappa shape index (κ3) is 3.25. The van der Waals surface area contributed by atoms with Crippen LogP contribution in [0.25, 0.3) is 0 Å². The number of rotatable bonds is 5. The van der Waals surface area contributed by atoms with Crippen LogP contribution in [0.5, 0.6) is 0 Å². The number of nitrogens with one attached hydrogen (secondary N) is 1. The molecule has 1 unspecified atom stereocenters. The summed E-state index contributed by atoms with van der Waals surface area (Å²) in [6, 6.07) is 6.94. The normalized spacial score (nSPS) is 23.2. The van der Waals surface area contributed by atoms with Crippen molar-refractivity contribution < 1.29 is 13.2 Å². The lowest BCUT2D eigenvalue weighted by Crippen LogP contribution is -2.36. The number of anilines is 1. The van der Waals surface area contributed by atoms with Crippen LogP contribution in [0.2, 0.25) is 0 Å². The molecule has 6 nitrogen and oxygen atoms in total. The maximum Gasteiger partial charge on any atom is 0.285 e. The minimum atomic E-state index is -3.53. The van der Waals surface area contributed by atoms with Gasteiger partial charge in [-0.1, -0.05) is 12.1 Å². The van der Waals surface area contributed by atoms with Gasteiger partial charge < -0.3 is 15.0 Å². The van der Waals surface area contributed by atoms with E-state index in [0.717, 1.165) is 32.5 Å². The summed E-state index contributed by atoms with van der Waals surface area (Å²) in [4.78, 5) is 2.13. The Bertz CT molecular complexity index is 624. The van der Waals surface area contributed by atoms with Gasteiger partial charge in [-0.25, -0.2) is 0 Å². The van der Waals surface area contributed by atoms with E-state index >= 15 is 0 Å². The number of hydrogen-bond acceptors (Lipinski definition) is 5. The zero-order valence-electron chi connectivity index (χ0n) is 11.7. The molecule has 0 spiro atoms. The average molecular weight is 309 g/mol. The first-order chi connectivity index (χ1) is 10.2. The number of ether oxygens (including phenoxy) is 1. The Kier molecular flexibility index (Phi) is 4.23. The molecule has 1 aromatic rings. The fourth-order valence-electron chi connectivity index (χ4n) is 2.60. The van der Waals surface area contributed by atoms with Crippen LogP contribution in [-0.2, 0) is 14.8 Å². The monoisotopic (exact) mass is 309 g/mol. The van der Waals surface area contributed by atoms with Crippen molar-refractivity contribution in [2.24, 2.45) is 4.40 Å². The van der Waals surface area contributed by atoms with Gasteiger partial charge in [-0.15, -0.1) is 4.40 Å². The van der Waals surface area contributed by atoms with E-state index in [1.54, 1.807) is 18.2 Å². The van der Waals surface area contributed by atoms with Crippen molar-refractivity contribution in [3.63, 3.8) is 0 Å². The maximum atomic E-state index is 11.9. The molecule has 2 aliphatic rings. The van der Waals surface area contributed by atoms with Crippen molar-refractivity contribution >= 4 is 22.0 Å². The zero-order chi connectivity index (χ0) is 14.7. The molecule has 0 amide bonds. The SMILES string of the molecule is O=S1(=O)N=CN(CCNCC2CCCO2)c2ccccc21. The highest BCUT2D eigenvalue weighted by molar-refractivity contribution is 7.90. The van der Waals surface area contributed by atoms with Gasteiger partial charge in [-0.2, -0.15) is 8.42 Å². The number of sulfonamides is 1. The molecular weight excluding hydrogens is 290 g/mol. The van der Waals surface area contributed by atoms with Crippen molar-refractivity contribution in [2.45, 2.75) is 23.8 Å². The van der Waals surface area contributed by atoms with Gasteiger partial charge in [0, 0.05) is 26.2 Å². The molecule has 2 aliphatic heterocycles. The maximum absolute atomic E-state index is 11.9. The molecule has 0 saturated carbocycles. The van der Waals surface area contributed by atoms with Gasteiger partial charge in [0.2, 0.25) is 0 Å². The Morgan fingerprint density at radius 2 is 2.24 bits per heavy atom. The first-order valence-corrected chi connectivity index (χ1v) is 8.59. The molecule has 0 bridgehead atoms. The molecule has 7 heteroatoms. The Balaban J connectivity index is 1.59. The van der Waals surface area contributed by atoms with Crippen LogP contribution in [0, 0.1) is 0 Å². The van der Waals surface area contributed by atoms with Crippen LogP contribution >= 0.6 is 0 Å². The first kappa shape index (κ1) is 14.5. The van der Waals surface area contributed by atoms with Crippen LogP contribution in [-0.4, -0.2) is 47.1 Å². The minimum absolute atomic E-state index is 0.270. The van der Waals surface area contributed by atoms with Crippen LogP contribution in [0.3, 0.4) is 0 Å². The van der Waals surface area contributed by atoms with Crippen molar-refractivity contribution in [3.05, 3.63) is 24.3 Å². The van der Waals surface area contributed by atoms with Gasteiger partial charge in [-0.3, -0.25) is 0 Å². The van der Waals surface area contributed by atoms with E-state index in [2.05, 4.69) is 9.71 Å². The van der Waals surface area contributed by atoms with Gasteiger partial charge in [-0.05, 0) is 25.0 Å². The second-order valence-electron chi connectivity index (χ2n) is 5.20. The molecule has 1 atom stereocenters. The molecule has 114 valence electrons. The number of benzene rings is 1. The number of para-hydroxylation sites is 1. The second kappa shape index (κ2) is 6.13. The zero-order valence-corrected chi connectivity index (χ0v) is 12.6.